The third-order valence-corrected chi connectivity index (χ3v) is 4.48. The number of halogens is 3. The number of hydrogen-bond donors (Lipinski definition) is 1. The topological polar surface area (TPSA) is 104 Å². The van der Waals surface area contributed by atoms with Crippen molar-refractivity contribution in [2.75, 3.05) is 11.9 Å². The van der Waals surface area contributed by atoms with Crippen LogP contribution in [0.4, 0.5) is 18.9 Å². The fourth-order valence-electron chi connectivity index (χ4n) is 2.91. The Morgan fingerprint density at radius 1 is 1.26 bits per heavy atom. The van der Waals surface area contributed by atoms with Crippen molar-refractivity contribution in [1.82, 2.24) is 34.2 Å². The quantitative estimate of drug-likeness (QED) is 0.500. The molecule has 0 unspecified atom stereocenters. The molecular formula is C18H17F3N8O2. The zero-order valence-electron chi connectivity index (χ0n) is 16.5. The Kier molecular flexibility index (Phi) is 5.19. The Bertz CT molecular complexity index is 1240. The van der Waals surface area contributed by atoms with E-state index in [-0.39, 0.29) is 11.4 Å². The number of carbonyl (C=O) groups is 1. The number of alkyl halides is 3. The molecule has 13 heteroatoms. The van der Waals surface area contributed by atoms with Crippen LogP contribution in [-0.4, -0.2) is 52.8 Å². The van der Waals surface area contributed by atoms with Crippen molar-refractivity contribution >= 4 is 17.2 Å². The first-order chi connectivity index (χ1) is 14.7. The highest BCUT2D eigenvalue weighted by Crippen LogP contribution is 2.23. The molecule has 4 aromatic rings. The van der Waals surface area contributed by atoms with E-state index in [0.29, 0.717) is 5.65 Å². The number of nitrogens with zero attached hydrogens (tertiary/aromatic N) is 7. The maximum atomic E-state index is 12.6. The lowest BCUT2D eigenvalue weighted by Gasteiger charge is -2.07. The average Bonchev–Trinajstić information content (AvgIpc) is 3.41. The molecule has 0 saturated heterocycles. The van der Waals surface area contributed by atoms with Gasteiger partial charge in [-0.2, -0.15) is 28.5 Å². The lowest BCUT2D eigenvalue weighted by molar-refractivity contribution is -0.182. The van der Waals surface area contributed by atoms with E-state index in [9.17, 15) is 18.0 Å². The molecule has 31 heavy (non-hydrogen) atoms. The third kappa shape index (κ3) is 4.40. The summed E-state index contributed by atoms with van der Waals surface area (Å²) in [6, 6.07) is 3.30. The molecule has 1 N–H and O–H groups in total. The number of amides is 1. The summed E-state index contributed by atoms with van der Waals surface area (Å²) in [4.78, 5) is 16.8. The molecule has 0 fully saturated rings. The summed E-state index contributed by atoms with van der Waals surface area (Å²) in [5.41, 5.74) is 3.38. The predicted octanol–water partition coefficient (Wildman–Crippen LogP) is 2.42. The van der Waals surface area contributed by atoms with Gasteiger partial charge in [-0.25, -0.2) is 14.2 Å². The van der Waals surface area contributed by atoms with Gasteiger partial charge in [0.1, 0.15) is 13.3 Å². The van der Waals surface area contributed by atoms with Crippen molar-refractivity contribution in [3.63, 3.8) is 0 Å². The van der Waals surface area contributed by atoms with E-state index in [4.69, 9.17) is 0 Å². The fourth-order valence-corrected chi connectivity index (χ4v) is 2.91. The smallest absolute Gasteiger partial charge is 0.350 e. The minimum atomic E-state index is -4.42. The third-order valence-electron chi connectivity index (χ3n) is 4.48. The van der Waals surface area contributed by atoms with Gasteiger partial charge in [0, 0.05) is 30.6 Å². The van der Waals surface area contributed by atoms with E-state index < -0.39 is 25.4 Å². The molecule has 0 aliphatic carbocycles. The summed E-state index contributed by atoms with van der Waals surface area (Å²) >= 11 is 0. The zero-order chi connectivity index (χ0) is 22.2. The molecular weight excluding hydrogens is 417 g/mol. The largest absolute Gasteiger partial charge is 0.411 e. The van der Waals surface area contributed by atoms with Crippen molar-refractivity contribution in [1.29, 1.82) is 0 Å². The van der Waals surface area contributed by atoms with Gasteiger partial charge in [0.05, 0.1) is 30.0 Å². The standard InChI is InChI=1S/C18H17F3N8O2/c1-11-13(7-23-27(11)2)15-3-4-22-16-5-14(26-29(15)16)17(30)25-12-6-24-28(8-12)10-31-9-18(19,20)21/h3-8H,9-10H2,1-2H3,(H,25,30). The van der Waals surface area contributed by atoms with Crippen LogP contribution >= 0.6 is 0 Å². The van der Waals surface area contributed by atoms with Gasteiger partial charge in [-0.05, 0) is 13.0 Å². The average molecular weight is 434 g/mol. The Labute approximate surface area is 173 Å². The van der Waals surface area contributed by atoms with Gasteiger partial charge in [-0.1, -0.05) is 0 Å². The van der Waals surface area contributed by atoms with Gasteiger partial charge in [0.2, 0.25) is 0 Å². The summed E-state index contributed by atoms with van der Waals surface area (Å²) < 4.78 is 45.4. The van der Waals surface area contributed by atoms with Crippen LogP contribution in [0.15, 0.2) is 36.9 Å². The number of fused-ring (bicyclic) bond motifs is 1. The minimum Gasteiger partial charge on any atom is -0.350 e. The highest BCUT2D eigenvalue weighted by Gasteiger charge is 2.27. The molecule has 4 heterocycles. The fraction of sp³-hybridized carbons (Fsp3) is 0.278. The second kappa shape index (κ2) is 7.83. The first kappa shape index (κ1) is 20.5. The molecule has 0 spiro atoms. The van der Waals surface area contributed by atoms with E-state index >= 15 is 0 Å². The molecule has 0 radical (unpaired) electrons. The summed E-state index contributed by atoms with van der Waals surface area (Å²) in [6.07, 6.45) is 1.56. The van der Waals surface area contributed by atoms with Crippen LogP contribution in [0, 0.1) is 6.92 Å². The Hall–Kier alpha value is -3.74. The summed E-state index contributed by atoms with van der Waals surface area (Å²) in [6.45, 7) is 0.130. The Morgan fingerprint density at radius 3 is 2.77 bits per heavy atom. The highest BCUT2D eigenvalue weighted by atomic mass is 19.4. The van der Waals surface area contributed by atoms with E-state index in [1.54, 1.807) is 27.7 Å². The number of ether oxygens (including phenoxy) is 1. The van der Waals surface area contributed by atoms with E-state index in [0.717, 1.165) is 21.6 Å². The van der Waals surface area contributed by atoms with Gasteiger partial charge < -0.3 is 10.1 Å². The van der Waals surface area contributed by atoms with E-state index in [1.165, 1.54) is 18.5 Å². The zero-order valence-corrected chi connectivity index (χ0v) is 16.5. The normalized spacial score (nSPS) is 11.9. The van der Waals surface area contributed by atoms with Crippen LogP contribution in [0.25, 0.3) is 16.9 Å². The summed E-state index contributed by atoms with van der Waals surface area (Å²) in [7, 11) is 1.83. The highest BCUT2D eigenvalue weighted by molar-refractivity contribution is 6.03. The number of aryl methyl sites for hydroxylation is 1. The number of carbonyl (C=O) groups excluding carboxylic acids is 1. The molecule has 0 bridgehead atoms. The van der Waals surface area contributed by atoms with Gasteiger partial charge in [-0.3, -0.25) is 9.48 Å². The Balaban J connectivity index is 1.50. The molecule has 0 atom stereocenters. The monoisotopic (exact) mass is 434 g/mol. The van der Waals surface area contributed by atoms with Crippen molar-refractivity contribution in [2.45, 2.75) is 19.8 Å². The van der Waals surface area contributed by atoms with Crippen LogP contribution in [0.5, 0.6) is 0 Å². The van der Waals surface area contributed by atoms with Crippen LogP contribution in [0.1, 0.15) is 16.2 Å². The van der Waals surface area contributed by atoms with Crippen LogP contribution < -0.4 is 5.32 Å². The number of hydrogen-bond acceptors (Lipinski definition) is 6. The molecule has 4 rings (SSSR count). The summed E-state index contributed by atoms with van der Waals surface area (Å²) in [5.74, 6) is -0.518. The van der Waals surface area contributed by atoms with Crippen LogP contribution in [0.2, 0.25) is 0 Å². The SMILES string of the molecule is Cc1c(-c2ccnc3cc(C(=O)Nc4cnn(COCC(F)(F)F)c4)nn23)cnn1C. The van der Waals surface area contributed by atoms with E-state index in [2.05, 4.69) is 30.3 Å². The van der Waals surface area contributed by atoms with Crippen molar-refractivity contribution in [3.05, 3.63) is 48.3 Å². The number of anilines is 1. The van der Waals surface area contributed by atoms with Gasteiger partial charge in [0.15, 0.2) is 11.3 Å². The van der Waals surface area contributed by atoms with Gasteiger partial charge >= 0.3 is 6.18 Å². The maximum absolute atomic E-state index is 12.6. The van der Waals surface area contributed by atoms with Crippen molar-refractivity contribution in [2.24, 2.45) is 7.05 Å². The molecule has 1 amide bonds. The molecule has 0 aromatic carbocycles. The predicted molar refractivity (Wildman–Crippen MR) is 102 cm³/mol. The first-order valence-corrected chi connectivity index (χ1v) is 9.03. The molecule has 10 nitrogen and oxygen atoms in total. The van der Waals surface area contributed by atoms with Crippen molar-refractivity contribution < 1.29 is 22.7 Å². The van der Waals surface area contributed by atoms with Crippen molar-refractivity contribution in [3.8, 4) is 11.3 Å². The van der Waals surface area contributed by atoms with Gasteiger partial charge in [-0.15, -0.1) is 0 Å². The summed E-state index contributed by atoms with van der Waals surface area (Å²) in [5, 5.41) is 15.0. The van der Waals surface area contributed by atoms with Gasteiger partial charge in [0.25, 0.3) is 5.91 Å². The first-order valence-electron chi connectivity index (χ1n) is 9.03. The maximum Gasteiger partial charge on any atom is 0.411 e. The number of rotatable bonds is 6. The molecule has 4 aromatic heterocycles. The lowest BCUT2D eigenvalue weighted by Crippen LogP contribution is -2.18. The molecule has 0 aliphatic heterocycles. The Morgan fingerprint density at radius 2 is 2.06 bits per heavy atom. The van der Waals surface area contributed by atoms with Crippen LogP contribution in [-0.2, 0) is 18.5 Å². The second-order valence-electron chi connectivity index (χ2n) is 6.71. The lowest BCUT2D eigenvalue weighted by atomic mass is 10.2. The van der Waals surface area contributed by atoms with E-state index in [1.807, 2.05) is 14.0 Å². The second-order valence-corrected chi connectivity index (χ2v) is 6.71. The number of nitrogens with one attached hydrogen (secondary N) is 1. The van der Waals surface area contributed by atoms with Crippen LogP contribution in [0.3, 0.4) is 0 Å². The number of aromatic nitrogens is 7. The molecule has 0 aliphatic rings. The molecule has 0 saturated carbocycles. The minimum absolute atomic E-state index is 0.113. The molecule has 162 valence electrons.